The van der Waals surface area contributed by atoms with Crippen LogP contribution in [0, 0.1) is 23.1 Å². The molecule has 1 heterocycles. The second-order valence-electron chi connectivity index (χ2n) is 6.45. The molecule has 2 nitrogen and oxygen atoms in total. The molecule has 0 aromatic heterocycles. The number of benzene rings is 1. The Morgan fingerprint density at radius 2 is 2.09 bits per heavy atom. The third-order valence-corrected chi connectivity index (χ3v) is 8.25. The van der Waals surface area contributed by atoms with Crippen LogP contribution in [0.3, 0.4) is 0 Å². The minimum absolute atomic E-state index is 0.0749. The van der Waals surface area contributed by atoms with Crippen molar-refractivity contribution in [1.29, 1.82) is 5.26 Å². The molecular formula is C18H26FNOSi. The Morgan fingerprint density at radius 1 is 1.32 bits per heavy atom. The van der Waals surface area contributed by atoms with Crippen LogP contribution in [0.1, 0.15) is 44.6 Å². The average molecular weight is 319 g/mol. The molecule has 22 heavy (non-hydrogen) atoms. The van der Waals surface area contributed by atoms with Crippen molar-refractivity contribution in [2.45, 2.75) is 57.2 Å². The van der Waals surface area contributed by atoms with Crippen molar-refractivity contribution in [3.8, 4) is 11.8 Å². The van der Waals surface area contributed by atoms with Gasteiger partial charge in [0.05, 0.1) is 12.2 Å². The van der Waals surface area contributed by atoms with Gasteiger partial charge in [-0.05, 0) is 30.9 Å². The first-order valence-corrected chi connectivity index (χ1v) is 11.0. The van der Waals surface area contributed by atoms with Gasteiger partial charge in [-0.3, -0.25) is 0 Å². The Bertz CT molecular complexity index is 506. The number of unbranched alkanes of at least 4 members (excludes halogenated alkanes) is 2. The van der Waals surface area contributed by atoms with Crippen LogP contribution in [0.5, 0.6) is 5.75 Å². The van der Waals surface area contributed by atoms with Crippen LogP contribution in [0.25, 0.3) is 0 Å². The summed E-state index contributed by atoms with van der Waals surface area (Å²) in [5.41, 5.74) is 0.0749. The van der Waals surface area contributed by atoms with Gasteiger partial charge in [0, 0.05) is 14.9 Å². The molecule has 0 bridgehead atoms. The van der Waals surface area contributed by atoms with E-state index in [1.807, 2.05) is 6.07 Å². The van der Waals surface area contributed by atoms with Crippen LogP contribution in [0.2, 0.25) is 18.1 Å². The normalized spacial score (nSPS) is 21.3. The number of halogens is 1. The third kappa shape index (κ3) is 5.13. The van der Waals surface area contributed by atoms with Crippen molar-refractivity contribution in [2.24, 2.45) is 5.92 Å². The Hall–Kier alpha value is -1.34. The lowest BCUT2D eigenvalue weighted by molar-refractivity contribution is 0.235. The van der Waals surface area contributed by atoms with Crippen molar-refractivity contribution >= 4 is 8.80 Å². The van der Waals surface area contributed by atoms with E-state index in [0.717, 1.165) is 0 Å². The number of nitriles is 1. The smallest absolute Gasteiger partial charge is 0.144 e. The summed E-state index contributed by atoms with van der Waals surface area (Å²) >= 11 is 0. The van der Waals surface area contributed by atoms with E-state index >= 15 is 0 Å². The van der Waals surface area contributed by atoms with Crippen LogP contribution in [0.15, 0.2) is 18.2 Å². The van der Waals surface area contributed by atoms with Gasteiger partial charge >= 0.3 is 0 Å². The highest BCUT2D eigenvalue weighted by Crippen LogP contribution is 2.29. The Kier molecular flexibility index (Phi) is 6.92. The highest BCUT2D eigenvalue weighted by Gasteiger charge is 2.22. The first kappa shape index (κ1) is 17.0. The molecule has 0 amide bonds. The molecule has 0 unspecified atom stereocenters. The van der Waals surface area contributed by atoms with Gasteiger partial charge in [-0.1, -0.05) is 44.3 Å². The van der Waals surface area contributed by atoms with Gasteiger partial charge in [0.2, 0.25) is 0 Å². The van der Waals surface area contributed by atoms with Gasteiger partial charge in [-0.25, -0.2) is 4.39 Å². The maximum absolute atomic E-state index is 13.5. The zero-order valence-electron chi connectivity index (χ0n) is 13.5. The monoisotopic (exact) mass is 319 g/mol. The number of hydrogen-bond donors (Lipinski definition) is 0. The summed E-state index contributed by atoms with van der Waals surface area (Å²) in [6.45, 7) is 2.95. The molecule has 2 rings (SSSR count). The van der Waals surface area contributed by atoms with Crippen LogP contribution >= 0.6 is 0 Å². The van der Waals surface area contributed by atoms with Gasteiger partial charge in [0.15, 0.2) is 0 Å². The van der Waals surface area contributed by atoms with E-state index in [1.54, 1.807) is 6.07 Å². The second-order valence-corrected chi connectivity index (χ2v) is 9.91. The Balaban J connectivity index is 1.70. The minimum Gasteiger partial charge on any atom is -0.493 e. The highest BCUT2D eigenvalue weighted by molar-refractivity contribution is 6.58. The van der Waals surface area contributed by atoms with Gasteiger partial charge in [0.1, 0.15) is 17.6 Å². The van der Waals surface area contributed by atoms with Crippen molar-refractivity contribution < 1.29 is 9.13 Å². The Morgan fingerprint density at radius 3 is 2.73 bits per heavy atom. The fourth-order valence-electron chi connectivity index (χ4n) is 3.26. The van der Waals surface area contributed by atoms with Gasteiger partial charge in [-0.15, -0.1) is 0 Å². The number of ether oxygens (including phenoxy) is 1. The zero-order valence-corrected chi connectivity index (χ0v) is 14.6. The summed E-state index contributed by atoms with van der Waals surface area (Å²) in [6, 6.07) is 10.7. The SMILES string of the molecule is CCCCC[SiH]1CCC(COc2ccc(C#N)c(F)c2)CC1. The maximum atomic E-state index is 13.5. The van der Waals surface area contributed by atoms with E-state index in [1.165, 1.54) is 62.4 Å². The van der Waals surface area contributed by atoms with Gasteiger partial charge < -0.3 is 4.74 Å². The summed E-state index contributed by atoms with van der Waals surface area (Å²) in [7, 11) is -0.466. The second kappa shape index (κ2) is 8.95. The van der Waals surface area contributed by atoms with Crippen LogP contribution in [0.4, 0.5) is 4.39 Å². The van der Waals surface area contributed by atoms with Gasteiger partial charge in [0.25, 0.3) is 0 Å². The number of nitrogens with zero attached hydrogens (tertiary/aromatic N) is 1. The van der Waals surface area contributed by atoms with Crippen LogP contribution in [-0.2, 0) is 0 Å². The molecule has 1 saturated heterocycles. The van der Waals surface area contributed by atoms with E-state index < -0.39 is 14.6 Å². The lowest BCUT2D eigenvalue weighted by atomic mass is 10.0. The lowest BCUT2D eigenvalue weighted by Gasteiger charge is -2.27. The topological polar surface area (TPSA) is 33.0 Å². The summed E-state index contributed by atoms with van der Waals surface area (Å²) in [5.74, 6) is 0.666. The molecular weight excluding hydrogens is 293 g/mol. The fourth-order valence-corrected chi connectivity index (χ4v) is 6.88. The third-order valence-electron chi connectivity index (χ3n) is 4.73. The molecule has 1 aliphatic heterocycles. The molecule has 1 fully saturated rings. The van der Waals surface area contributed by atoms with E-state index in [0.29, 0.717) is 18.3 Å². The summed E-state index contributed by atoms with van der Waals surface area (Å²) in [4.78, 5) is 0. The van der Waals surface area contributed by atoms with Crippen molar-refractivity contribution in [3.05, 3.63) is 29.6 Å². The summed E-state index contributed by atoms with van der Waals surface area (Å²) in [5, 5.41) is 8.72. The predicted octanol–water partition coefficient (Wildman–Crippen LogP) is 4.90. The molecule has 4 heteroatoms. The van der Waals surface area contributed by atoms with E-state index in [2.05, 4.69) is 6.92 Å². The van der Waals surface area contributed by atoms with Gasteiger partial charge in [-0.2, -0.15) is 5.26 Å². The molecule has 0 N–H and O–H groups in total. The lowest BCUT2D eigenvalue weighted by Crippen LogP contribution is -2.24. The van der Waals surface area contributed by atoms with E-state index in [-0.39, 0.29) is 5.56 Å². The van der Waals surface area contributed by atoms with Crippen molar-refractivity contribution in [2.75, 3.05) is 6.61 Å². The number of rotatable bonds is 7. The molecule has 0 saturated carbocycles. The Labute approximate surface area is 134 Å². The summed E-state index contributed by atoms with van der Waals surface area (Å²) < 4.78 is 19.2. The number of hydrogen-bond acceptors (Lipinski definition) is 2. The molecule has 1 aliphatic rings. The summed E-state index contributed by atoms with van der Waals surface area (Å²) in [6.07, 6.45) is 6.70. The molecule has 0 atom stereocenters. The van der Waals surface area contributed by atoms with E-state index in [9.17, 15) is 4.39 Å². The van der Waals surface area contributed by atoms with Crippen molar-refractivity contribution in [1.82, 2.24) is 0 Å². The standard InChI is InChI=1S/C18H26FNOSi/c1-2-3-4-9-22-10-7-15(8-11-22)14-21-17-6-5-16(13-20)18(19)12-17/h5-6,12,15,22H,2-4,7-11,14H2,1H3. The maximum Gasteiger partial charge on any atom is 0.144 e. The first-order valence-electron chi connectivity index (χ1n) is 8.55. The van der Waals surface area contributed by atoms with Crippen LogP contribution in [-0.4, -0.2) is 15.4 Å². The first-order chi connectivity index (χ1) is 10.7. The minimum atomic E-state index is -0.493. The zero-order chi connectivity index (χ0) is 15.8. The van der Waals surface area contributed by atoms with E-state index in [4.69, 9.17) is 10.00 Å². The van der Waals surface area contributed by atoms with Crippen molar-refractivity contribution in [3.63, 3.8) is 0 Å². The average Bonchev–Trinajstić information content (AvgIpc) is 2.54. The molecule has 0 radical (unpaired) electrons. The predicted molar refractivity (Wildman–Crippen MR) is 90.4 cm³/mol. The fraction of sp³-hybridized carbons (Fsp3) is 0.611. The molecule has 1 aromatic rings. The molecule has 120 valence electrons. The largest absolute Gasteiger partial charge is 0.493 e. The molecule has 0 aliphatic carbocycles. The highest BCUT2D eigenvalue weighted by atomic mass is 28.3. The molecule has 1 aromatic carbocycles. The molecule has 0 spiro atoms. The van der Waals surface area contributed by atoms with Crippen LogP contribution < -0.4 is 4.74 Å². The quantitative estimate of drug-likeness (QED) is 0.529.